The van der Waals surface area contributed by atoms with E-state index in [1.807, 2.05) is 14.1 Å². The van der Waals surface area contributed by atoms with Crippen LogP contribution in [0.15, 0.2) is 11.5 Å². The average Bonchev–Trinajstić information content (AvgIpc) is 2.30. The van der Waals surface area contributed by atoms with Crippen LogP contribution in [0.4, 0.5) is 0 Å². The number of rotatable bonds is 1. The molecule has 1 atom stereocenters. The van der Waals surface area contributed by atoms with Crippen molar-refractivity contribution in [3.8, 4) is 0 Å². The fourth-order valence-electron chi connectivity index (χ4n) is 0.856. The molecule has 0 aromatic heterocycles. The van der Waals surface area contributed by atoms with Crippen LogP contribution >= 0.6 is 24.0 Å². The first-order valence-corrected chi connectivity index (χ1v) is 6.70. The Morgan fingerprint density at radius 1 is 1.62 bits per heavy atom. The van der Waals surface area contributed by atoms with Crippen LogP contribution in [0.2, 0.25) is 0 Å². The quantitative estimate of drug-likeness (QED) is 0.633. The summed E-state index contributed by atoms with van der Waals surface area (Å²) < 4.78 is 22.8. The molecule has 0 fully saturated rings. The van der Waals surface area contributed by atoms with Crippen LogP contribution < -0.4 is 0 Å². The van der Waals surface area contributed by atoms with Crippen LogP contribution in [-0.2, 0) is 9.84 Å². The lowest BCUT2D eigenvalue weighted by molar-refractivity contribution is 0.606. The molecule has 1 rings (SSSR count). The van der Waals surface area contributed by atoms with Crippen LogP contribution in [0.25, 0.3) is 0 Å². The molecule has 0 amide bonds. The highest BCUT2D eigenvalue weighted by Crippen LogP contribution is 2.23. The Kier molecular flexibility index (Phi) is 3.37. The van der Waals surface area contributed by atoms with Gasteiger partial charge in [-0.25, -0.2) is 8.42 Å². The van der Waals surface area contributed by atoms with Crippen LogP contribution in [0.1, 0.15) is 0 Å². The van der Waals surface area contributed by atoms with Crippen molar-refractivity contribution < 1.29 is 8.42 Å². The molecule has 13 heavy (non-hydrogen) atoms. The molecule has 3 nitrogen and oxygen atoms in total. The maximum atomic E-state index is 11.0. The van der Waals surface area contributed by atoms with Gasteiger partial charge in [-0.2, -0.15) is 0 Å². The highest BCUT2D eigenvalue weighted by Gasteiger charge is 2.23. The van der Waals surface area contributed by atoms with Crippen molar-refractivity contribution in [1.82, 2.24) is 4.90 Å². The zero-order valence-electron chi connectivity index (χ0n) is 7.43. The molecule has 1 heterocycles. The molecule has 0 N–H and O–H groups in total. The van der Waals surface area contributed by atoms with Crippen LogP contribution in [0, 0.1) is 0 Å². The second kappa shape index (κ2) is 3.98. The van der Waals surface area contributed by atoms with Gasteiger partial charge in [-0.15, -0.1) is 0 Å². The lowest BCUT2D eigenvalue weighted by Crippen LogP contribution is -2.20. The number of thiocarbonyl (C=S) groups is 1. The molecule has 0 aliphatic carbocycles. The monoisotopic (exact) mass is 237 g/mol. The lowest BCUT2D eigenvalue weighted by Gasteiger charge is -2.14. The van der Waals surface area contributed by atoms with Crippen LogP contribution in [0.3, 0.4) is 0 Å². The minimum Gasteiger partial charge on any atom is -0.364 e. The molecule has 0 aromatic carbocycles. The smallest absolute Gasteiger partial charge is 0.172 e. The summed E-state index contributed by atoms with van der Waals surface area (Å²) in [5.41, 5.74) is 0. The Hall–Kier alpha value is -0.0700. The van der Waals surface area contributed by atoms with Gasteiger partial charge in [0.1, 0.15) is 4.32 Å². The SMILES string of the molecule is CN(C)C(=S)SC1C=CS(=O)(=O)C1. The fourth-order valence-corrected chi connectivity index (χ4v) is 3.90. The molecule has 0 spiro atoms. The van der Waals surface area contributed by atoms with Gasteiger partial charge in [-0.1, -0.05) is 30.1 Å². The third-order valence-electron chi connectivity index (χ3n) is 1.51. The normalized spacial score (nSPS) is 24.6. The third-order valence-corrected chi connectivity index (χ3v) is 4.97. The number of nitrogens with zero attached hydrogens (tertiary/aromatic N) is 1. The average molecular weight is 237 g/mol. The van der Waals surface area contributed by atoms with Gasteiger partial charge >= 0.3 is 0 Å². The van der Waals surface area contributed by atoms with Gasteiger partial charge in [-0.05, 0) is 0 Å². The zero-order chi connectivity index (χ0) is 10.1. The van der Waals surface area contributed by atoms with Crippen molar-refractivity contribution in [1.29, 1.82) is 0 Å². The minimum absolute atomic E-state index is 0.0140. The van der Waals surface area contributed by atoms with E-state index in [2.05, 4.69) is 0 Å². The maximum Gasteiger partial charge on any atom is 0.172 e. The molecule has 1 unspecified atom stereocenters. The van der Waals surface area contributed by atoms with Crippen molar-refractivity contribution in [2.75, 3.05) is 19.8 Å². The summed E-state index contributed by atoms with van der Waals surface area (Å²) in [6.07, 6.45) is 1.69. The molecule has 0 radical (unpaired) electrons. The van der Waals surface area contributed by atoms with E-state index in [1.165, 1.54) is 17.2 Å². The van der Waals surface area contributed by atoms with Gasteiger partial charge in [0.25, 0.3) is 0 Å². The van der Waals surface area contributed by atoms with E-state index in [0.717, 1.165) is 0 Å². The second-order valence-electron chi connectivity index (χ2n) is 2.97. The maximum absolute atomic E-state index is 11.0. The molecular weight excluding hydrogens is 226 g/mol. The predicted octanol–water partition coefficient (Wildman–Crippen LogP) is 0.877. The van der Waals surface area contributed by atoms with Crippen LogP contribution in [-0.4, -0.2) is 42.7 Å². The van der Waals surface area contributed by atoms with Crippen LogP contribution in [0.5, 0.6) is 0 Å². The van der Waals surface area contributed by atoms with E-state index >= 15 is 0 Å². The predicted molar refractivity (Wildman–Crippen MR) is 60.6 cm³/mol. The van der Waals surface area contributed by atoms with Crippen molar-refractivity contribution in [2.24, 2.45) is 0 Å². The fraction of sp³-hybridized carbons (Fsp3) is 0.571. The molecule has 0 saturated heterocycles. The van der Waals surface area contributed by atoms with Gasteiger partial charge in [-0.3, -0.25) is 0 Å². The molecule has 0 bridgehead atoms. The summed E-state index contributed by atoms with van der Waals surface area (Å²) in [5, 5.41) is 1.25. The highest BCUT2D eigenvalue weighted by atomic mass is 32.2. The standard InChI is InChI=1S/C7H11NO2S3/c1-8(2)7(11)12-6-3-4-13(9,10)5-6/h3-4,6H,5H2,1-2H3. The summed E-state index contributed by atoms with van der Waals surface area (Å²) in [4.78, 5) is 1.80. The van der Waals surface area contributed by atoms with Gasteiger partial charge < -0.3 is 4.90 Å². The molecule has 1 aliphatic heterocycles. The Bertz CT molecular complexity index is 332. The van der Waals surface area contributed by atoms with E-state index in [-0.39, 0.29) is 11.0 Å². The number of hydrogen-bond donors (Lipinski definition) is 0. The summed E-state index contributed by atoms with van der Waals surface area (Å²) >= 11 is 6.46. The van der Waals surface area contributed by atoms with Crippen molar-refractivity contribution in [3.05, 3.63) is 11.5 Å². The molecule has 0 saturated carbocycles. The first kappa shape index (κ1) is 11.0. The number of hydrogen-bond acceptors (Lipinski definition) is 4. The topological polar surface area (TPSA) is 37.4 Å². The molecule has 1 aliphatic rings. The van der Waals surface area contributed by atoms with Crippen molar-refractivity contribution in [2.45, 2.75) is 5.25 Å². The summed E-state index contributed by atoms with van der Waals surface area (Å²) in [5.74, 6) is 0.172. The largest absolute Gasteiger partial charge is 0.364 e. The second-order valence-corrected chi connectivity index (χ2v) is 6.78. The van der Waals surface area contributed by atoms with E-state index in [9.17, 15) is 8.42 Å². The van der Waals surface area contributed by atoms with Gasteiger partial charge in [0.2, 0.25) is 0 Å². The third kappa shape index (κ3) is 3.28. The Balaban J connectivity index is 2.52. The Morgan fingerprint density at radius 2 is 2.23 bits per heavy atom. The molecule has 6 heteroatoms. The zero-order valence-corrected chi connectivity index (χ0v) is 9.88. The van der Waals surface area contributed by atoms with E-state index in [0.29, 0.717) is 4.32 Å². The number of sulfone groups is 1. The first-order chi connectivity index (χ1) is 5.91. The molecule has 0 aromatic rings. The summed E-state index contributed by atoms with van der Waals surface area (Å²) in [6.45, 7) is 0. The number of thioether (sulfide) groups is 1. The van der Waals surface area contributed by atoms with Crippen molar-refractivity contribution >= 4 is 38.1 Å². The minimum atomic E-state index is -2.95. The summed E-state index contributed by atoms with van der Waals surface area (Å²) in [7, 11) is 0.753. The van der Waals surface area contributed by atoms with E-state index < -0.39 is 9.84 Å². The summed E-state index contributed by atoms with van der Waals surface area (Å²) in [6, 6.07) is 0. The van der Waals surface area contributed by atoms with Gasteiger partial charge in [0.05, 0.1) is 5.75 Å². The van der Waals surface area contributed by atoms with Crippen molar-refractivity contribution in [3.63, 3.8) is 0 Å². The lowest BCUT2D eigenvalue weighted by atomic mass is 10.5. The van der Waals surface area contributed by atoms with Gasteiger partial charge in [0, 0.05) is 24.8 Å². The Labute approximate surface area is 88.1 Å². The molecule has 74 valence electrons. The Morgan fingerprint density at radius 3 is 2.62 bits per heavy atom. The highest BCUT2D eigenvalue weighted by molar-refractivity contribution is 8.23. The van der Waals surface area contributed by atoms with E-state index in [4.69, 9.17) is 12.2 Å². The first-order valence-electron chi connectivity index (χ1n) is 3.69. The van der Waals surface area contributed by atoms with E-state index in [1.54, 1.807) is 11.0 Å². The van der Waals surface area contributed by atoms with Gasteiger partial charge in [0.15, 0.2) is 9.84 Å². The molecular formula is C7H11NO2S3.